The molecule has 1 amide bonds. The minimum absolute atomic E-state index is 0.0213. The van der Waals surface area contributed by atoms with Gasteiger partial charge in [-0.15, -0.1) is 0 Å². The largest absolute Gasteiger partial charge is 0.271 e. The van der Waals surface area contributed by atoms with Crippen molar-refractivity contribution in [1.29, 1.82) is 0 Å². The third kappa shape index (κ3) is 6.87. The second kappa shape index (κ2) is 11.0. The van der Waals surface area contributed by atoms with Gasteiger partial charge in [-0.3, -0.25) is 9.10 Å². The number of carbonyl (C=O) groups excluding carboxylic acids is 1. The van der Waals surface area contributed by atoms with Crippen LogP contribution in [0.3, 0.4) is 0 Å². The first kappa shape index (κ1) is 27.7. The summed E-state index contributed by atoms with van der Waals surface area (Å²) < 4.78 is 28.0. The molecule has 0 aromatic heterocycles. The lowest BCUT2D eigenvalue weighted by molar-refractivity contribution is -0.119. The fourth-order valence-corrected chi connectivity index (χ4v) is 5.34. The van der Waals surface area contributed by atoms with Gasteiger partial charge in [0.25, 0.3) is 15.9 Å². The Morgan fingerprint density at radius 3 is 2.03 bits per heavy atom. The van der Waals surface area contributed by atoms with Crippen molar-refractivity contribution >= 4 is 50.5 Å². The summed E-state index contributed by atoms with van der Waals surface area (Å²) >= 11 is 12.3. The van der Waals surface area contributed by atoms with E-state index in [4.69, 9.17) is 23.2 Å². The van der Waals surface area contributed by atoms with Crippen LogP contribution in [0.25, 0.3) is 0 Å². The zero-order chi connectivity index (χ0) is 26.7. The van der Waals surface area contributed by atoms with Gasteiger partial charge in [-0.2, -0.15) is 5.10 Å². The molecule has 0 saturated heterocycles. The highest BCUT2D eigenvalue weighted by Crippen LogP contribution is 2.30. The number of rotatable bonds is 7. The quantitative estimate of drug-likeness (QED) is 0.278. The van der Waals surface area contributed by atoms with Crippen LogP contribution in [-0.4, -0.2) is 26.6 Å². The van der Waals surface area contributed by atoms with E-state index in [-0.39, 0.29) is 26.0 Å². The van der Waals surface area contributed by atoms with Crippen molar-refractivity contribution < 1.29 is 13.2 Å². The van der Waals surface area contributed by atoms with Gasteiger partial charge < -0.3 is 0 Å². The van der Waals surface area contributed by atoms with Crippen molar-refractivity contribution in [3.8, 4) is 0 Å². The topological polar surface area (TPSA) is 78.8 Å². The number of sulfonamides is 1. The van der Waals surface area contributed by atoms with Gasteiger partial charge in [-0.25, -0.2) is 13.8 Å². The first-order valence-electron chi connectivity index (χ1n) is 11.3. The van der Waals surface area contributed by atoms with Gasteiger partial charge in [0.05, 0.1) is 16.3 Å². The van der Waals surface area contributed by atoms with Crippen LogP contribution in [0.4, 0.5) is 5.69 Å². The molecular weight excluding hydrogens is 517 g/mol. The molecule has 0 bridgehead atoms. The number of nitrogens with one attached hydrogen (secondary N) is 1. The van der Waals surface area contributed by atoms with Crippen molar-refractivity contribution in [3.05, 3.63) is 93.5 Å². The van der Waals surface area contributed by atoms with E-state index in [1.54, 1.807) is 19.1 Å². The number of carbonyl (C=O) groups is 1. The minimum Gasteiger partial charge on any atom is -0.271 e. The Hall–Kier alpha value is -2.87. The van der Waals surface area contributed by atoms with Gasteiger partial charge in [-0.05, 0) is 60.7 Å². The van der Waals surface area contributed by atoms with Crippen molar-refractivity contribution in [1.82, 2.24) is 5.43 Å². The second-order valence-electron chi connectivity index (χ2n) is 9.51. The fraction of sp³-hybridized carbons (Fsp3) is 0.259. The summed E-state index contributed by atoms with van der Waals surface area (Å²) in [5, 5.41) is 4.67. The van der Waals surface area contributed by atoms with Crippen LogP contribution in [0, 0.1) is 6.92 Å². The summed E-state index contributed by atoms with van der Waals surface area (Å²) in [5.74, 6) is -0.618. The number of hydrogen-bond donors (Lipinski definition) is 1. The van der Waals surface area contributed by atoms with E-state index in [2.05, 4.69) is 31.3 Å². The molecule has 0 aliphatic rings. The van der Waals surface area contributed by atoms with Gasteiger partial charge in [0.1, 0.15) is 6.54 Å². The van der Waals surface area contributed by atoms with Crippen molar-refractivity contribution in [2.75, 3.05) is 10.8 Å². The van der Waals surface area contributed by atoms with Crippen molar-refractivity contribution in [2.24, 2.45) is 5.10 Å². The van der Waals surface area contributed by atoms with Crippen LogP contribution in [0.5, 0.6) is 0 Å². The molecule has 0 heterocycles. The summed E-state index contributed by atoms with van der Waals surface area (Å²) in [7, 11) is -4.10. The monoisotopic (exact) mass is 545 g/mol. The first-order chi connectivity index (χ1) is 16.8. The van der Waals surface area contributed by atoms with Crippen LogP contribution in [0.1, 0.15) is 44.4 Å². The van der Waals surface area contributed by atoms with Crippen LogP contribution in [0.2, 0.25) is 10.0 Å². The van der Waals surface area contributed by atoms with E-state index in [0.29, 0.717) is 5.71 Å². The standard InChI is InChI=1S/C27H29Cl2N3O3S/c1-18-6-12-25(13-7-18)36(34,35)32(24-15-22(28)14-23(29)16-24)17-26(33)31-30-19(2)20-8-10-21(11-9-20)27(3,4)5/h6-16H,17H2,1-5H3,(H,31,33)/b30-19-. The Morgan fingerprint density at radius 1 is 0.944 bits per heavy atom. The highest BCUT2D eigenvalue weighted by molar-refractivity contribution is 7.92. The Kier molecular flexibility index (Phi) is 8.49. The second-order valence-corrected chi connectivity index (χ2v) is 12.2. The summed E-state index contributed by atoms with van der Waals surface area (Å²) in [6.45, 7) is 9.50. The number of benzene rings is 3. The molecule has 9 heteroatoms. The number of amides is 1. The zero-order valence-electron chi connectivity index (χ0n) is 20.8. The summed E-state index contributed by atoms with van der Waals surface area (Å²) in [4.78, 5) is 12.9. The Balaban J connectivity index is 1.87. The molecule has 3 aromatic rings. The third-order valence-electron chi connectivity index (χ3n) is 5.55. The molecule has 3 rings (SSSR count). The highest BCUT2D eigenvalue weighted by atomic mass is 35.5. The normalized spacial score (nSPS) is 12.4. The van der Waals surface area contributed by atoms with E-state index < -0.39 is 22.5 Å². The molecule has 0 unspecified atom stereocenters. The summed E-state index contributed by atoms with van der Waals surface area (Å²) in [6.07, 6.45) is 0. The number of aryl methyl sites for hydroxylation is 1. The fourth-order valence-electron chi connectivity index (χ4n) is 3.42. The third-order valence-corrected chi connectivity index (χ3v) is 7.77. The molecule has 0 aliphatic heterocycles. The average molecular weight is 547 g/mol. The van der Waals surface area contributed by atoms with E-state index >= 15 is 0 Å². The zero-order valence-corrected chi connectivity index (χ0v) is 23.2. The molecule has 0 saturated carbocycles. The van der Waals surface area contributed by atoms with E-state index in [9.17, 15) is 13.2 Å². The van der Waals surface area contributed by atoms with Crippen LogP contribution in [-0.2, 0) is 20.2 Å². The number of halogens is 2. The molecule has 190 valence electrons. The Bertz CT molecular complexity index is 1360. The maximum absolute atomic E-state index is 13.5. The lowest BCUT2D eigenvalue weighted by Gasteiger charge is -2.24. The number of hydrazone groups is 1. The van der Waals surface area contributed by atoms with E-state index in [1.807, 2.05) is 31.2 Å². The number of anilines is 1. The van der Waals surface area contributed by atoms with Crippen molar-refractivity contribution in [3.63, 3.8) is 0 Å². The smallest absolute Gasteiger partial charge is 0.264 e. The molecule has 36 heavy (non-hydrogen) atoms. The van der Waals surface area contributed by atoms with Gasteiger partial charge in [0.2, 0.25) is 0 Å². The number of hydrogen-bond acceptors (Lipinski definition) is 4. The molecule has 1 N–H and O–H groups in total. The Labute approximate surface area is 223 Å². The van der Waals surface area contributed by atoms with Crippen LogP contribution < -0.4 is 9.73 Å². The molecule has 0 radical (unpaired) electrons. The summed E-state index contributed by atoms with van der Waals surface area (Å²) in [6, 6.07) is 18.7. The molecular formula is C27H29Cl2N3O3S. The van der Waals surface area contributed by atoms with E-state index in [1.165, 1.54) is 35.9 Å². The maximum atomic E-state index is 13.5. The first-order valence-corrected chi connectivity index (χ1v) is 13.5. The van der Waals surface area contributed by atoms with E-state index in [0.717, 1.165) is 15.4 Å². The molecule has 0 fully saturated rings. The highest BCUT2D eigenvalue weighted by Gasteiger charge is 2.28. The number of nitrogens with zero attached hydrogens (tertiary/aromatic N) is 2. The SMILES string of the molecule is C/C(=N/NC(=O)CN(c1cc(Cl)cc(Cl)c1)S(=O)(=O)c1ccc(C)cc1)c1ccc(C(C)(C)C)cc1. The summed E-state index contributed by atoms with van der Waals surface area (Å²) in [5.41, 5.74) is 6.17. The molecule has 0 atom stereocenters. The molecule has 0 spiro atoms. The van der Waals surface area contributed by atoms with Gasteiger partial charge >= 0.3 is 0 Å². The molecule has 0 aliphatic carbocycles. The van der Waals surface area contributed by atoms with Gasteiger partial charge in [0.15, 0.2) is 0 Å². The predicted octanol–water partition coefficient (Wildman–Crippen LogP) is 6.34. The lowest BCUT2D eigenvalue weighted by atomic mass is 9.86. The minimum atomic E-state index is -4.10. The molecule has 3 aromatic carbocycles. The Morgan fingerprint density at radius 2 is 1.50 bits per heavy atom. The van der Waals surface area contributed by atoms with Crippen LogP contribution in [0.15, 0.2) is 76.7 Å². The molecule has 6 nitrogen and oxygen atoms in total. The average Bonchev–Trinajstić information content (AvgIpc) is 2.80. The van der Waals surface area contributed by atoms with Gasteiger partial charge in [0, 0.05) is 10.0 Å². The van der Waals surface area contributed by atoms with Crippen LogP contribution >= 0.6 is 23.2 Å². The van der Waals surface area contributed by atoms with Gasteiger partial charge in [-0.1, -0.05) is 85.9 Å². The predicted molar refractivity (Wildman–Crippen MR) is 148 cm³/mol. The lowest BCUT2D eigenvalue weighted by Crippen LogP contribution is -2.39. The maximum Gasteiger partial charge on any atom is 0.264 e. The van der Waals surface area contributed by atoms with Crippen molar-refractivity contribution in [2.45, 2.75) is 44.9 Å².